The molecule has 0 unspecified atom stereocenters. The van der Waals surface area contributed by atoms with Gasteiger partial charge in [0.2, 0.25) is 5.88 Å². The molecular formula is C16H15N3O2S. The highest BCUT2D eigenvalue weighted by Crippen LogP contribution is 2.27. The van der Waals surface area contributed by atoms with E-state index in [0.717, 1.165) is 15.2 Å². The summed E-state index contributed by atoms with van der Waals surface area (Å²) in [6.45, 7) is 1.94. The molecule has 0 radical (unpaired) electrons. The predicted octanol–water partition coefficient (Wildman–Crippen LogP) is 3.28. The van der Waals surface area contributed by atoms with E-state index in [1.807, 2.05) is 31.2 Å². The molecule has 0 saturated heterocycles. The van der Waals surface area contributed by atoms with Crippen molar-refractivity contribution >= 4 is 33.1 Å². The molecule has 0 spiro atoms. The van der Waals surface area contributed by atoms with Gasteiger partial charge in [-0.05, 0) is 25.1 Å². The molecule has 3 aromatic rings. The zero-order valence-electron chi connectivity index (χ0n) is 12.5. The lowest BCUT2D eigenvalue weighted by Gasteiger charge is -2.17. The fraction of sp³-hybridized carbons (Fsp3) is 0.188. The van der Waals surface area contributed by atoms with E-state index in [2.05, 4.69) is 9.97 Å². The molecule has 0 saturated carbocycles. The number of aryl methyl sites for hydroxylation is 1. The third-order valence-electron chi connectivity index (χ3n) is 3.37. The van der Waals surface area contributed by atoms with Crippen LogP contribution in [0.3, 0.4) is 0 Å². The number of aromatic nitrogens is 2. The van der Waals surface area contributed by atoms with E-state index in [-0.39, 0.29) is 5.91 Å². The van der Waals surface area contributed by atoms with Crippen LogP contribution in [-0.2, 0) is 0 Å². The highest BCUT2D eigenvalue weighted by atomic mass is 32.1. The first kappa shape index (κ1) is 14.5. The minimum atomic E-state index is -0.0822. The number of carbonyl (C=O) groups is 1. The van der Waals surface area contributed by atoms with Crippen molar-refractivity contribution in [3.05, 3.63) is 47.1 Å². The minimum Gasteiger partial charge on any atom is -0.481 e. The van der Waals surface area contributed by atoms with Gasteiger partial charge in [0.1, 0.15) is 0 Å². The molecule has 1 amide bonds. The van der Waals surface area contributed by atoms with Crippen molar-refractivity contribution in [1.29, 1.82) is 0 Å². The Morgan fingerprint density at radius 3 is 2.77 bits per heavy atom. The first-order valence-electron chi connectivity index (χ1n) is 6.74. The molecular weight excluding hydrogens is 298 g/mol. The van der Waals surface area contributed by atoms with Crippen molar-refractivity contribution in [2.24, 2.45) is 0 Å². The van der Waals surface area contributed by atoms with Crippen LogP contribution < -0.4 is 9.64 Å². The van der Waals surface area contributed by atoms with Gasteiger partial charge in [0.25, 0.3) is 5.91 Å². The monoisotopic (exact) mass is 313 g/mol. The number of methoxy groups -OCH3 is 1. The van der Waals surface area contributed by atoms with Crippen molar-refractivity contribution < 1.29 is 9.53 Å². The van der Waals surface area contributed by atoms with Crippen LogP contribution in [0.5, 0.6) is 5.88 Å². The summed E-state index contributed by atoms with van der Waals surface area (Å²) >= 11 is 1.53. The Kier molecular flexibility index (Phi) is 3.77. The lowest BCUT2D eigenvalue weighted by atomic mass is 10.2. The topological polar surface area (TPSA) is 55.3 Å². The molecule has 5 nitrogen and oxygen atoms in total. The molecule has 112 valence electrons. The predicted molar refractivity (Wildman–Crippen MR) is 87.9 cm³/mol. The molecule has 0 N–H and O–H groups in total. The number of ether oxygens (including phenoxy) is 1. The summed E-state index contributed by atoms with van der Waals surface area (Å²) < 4.78 is 5.95. The average Bonchev–Trinajstić information content (AvgIpc) is 2.93. The number of amides is 1. The second-order valence-electron chi connectivity index (χ2n) is 4.81. The van der Waals surface area contributed by atoms with E-state index in [4.69, 9.17) is 4.74 Å². The normalized spacial score (nSPS) is 10.7. The maximum Gasteiger partial charge on any atom is 0.259 e. The number of benzene rings is 1. The molecule has 2 aromatic heterocycles. The molecule has 0 aliphatic heterocycles. The molecule has 2 heterocycles. The van der Waals surface area contributed by atoms with Crippen LogP contribution in [0.15, 0.2) is 36.5 Å². The number of nitrogens with zero attached hydrogens (tertiary/aromatic N) is 3. The first-order valence-corrected chi connectivity index (χ1v) is 7.56. The number of carbonyl (C=O) groups excluding carboxylic acids is 1. The minimum absolute atomic E-state index is 0.0822. The summed E-state index contributed by atoms with van der Waals surface area (Å²) in [6, 6.07) is 9.15. The Balaban J connectivity index is 1.97. The number of hydrogen-bond acceptors (Lipinski definition) is 5. The van der Waals surface area contributed by atoms with E-state index in [9.17, 15) is 4.79 Å². The van der Waals surface area contributed by atoms with Gasteiger partial charge in [-0.15, -0.1) is 11.3 Å². The van der Waals surface area contributed by atoms with Crippen molar-refractivity contribution in [3.8, 4) is 5.88 Å². The van der Waals surface area contributed by atoms with Gasteiger partial charge in [-0.2, -0.15) is 0 Å². The lowest BCUT2D eigenvalue weighted by molar-refractivity contribution is 0.0994. The van der Waals surface area contributed by atoms with Crippen LogP contribution in [-0.4, -0.2) is 30.0 Å². The molecule has 3 rings (SSSR count). The smallest absolute Gasteiger partial charge is 0.259 e. The Hall–Kier alpha value is -2.47. The Morgan fingerprint density at radius 1 is 1.27 bits per heavy atom. The SMILES string of the molecule is COc1ccc(N(C)C(=O)c2cccc3nc(C)sc23)cn1. The summed E-state index contributed by atoms with van der Waals surface area (Å²) in [5.41, 5.74) is 2.22. The van der Waals surface area contributed by atoms with E-state index in [1.54, 1.807) is 31.3 Å². The van der Waals surface area contributed by atoms with E-state index in [0.29, 0.717) is 17.1 Å². The summed E-state index contributed by atoms with van der Waals surface area (Å²) in [5.74, 6) is 0.436. The van der Waals surface area contributed by atoms with Crippen molar-refractivity contribution in [2.45, 2.75) is 6.92 Å². The van der Waals surface area contributed by atoms with Crippen molar-refractivity contribution in [3.63, 3.8) is 0 Å². The van der Waals surface area contributed by atoms with Crippen LogP contribution >= 0.6 is 11.3 Å². The van der Waals surface area contributed by atoms with E-state index < -0.39 is 0 Å². The fourth-order valence-electron chi connectivity index (χ4n) is 2.22. The molecule has 0 bridgehead atoms. The number of anilines is 1. The highest BCUT2D eigenvalue weighted by molar-refractivity contribution is 7.18. The summed E-state index contributed by atoms with van der Waals surface area (Å²) in [5, 5.41) is 0.948. The van der Waals surface area contributed by atoms with E-state index in [1.165, 1.54) is 11.3 Å². The zero-order valence-corrected chi connectivity index (χ0v) is 13.3. The Morgan fingerprint density at radius 2 is 2.09 bits per heavy atom. The van der Waals surface area contributed by atoms with Crippen LogP contribution in [0.25, 0.3) is 10.2 Å². The van der Waals surface area contributed by atoms with Gasteiger partial charge >= 0.3 is 0 Å². The second-order valence-corrected chi connectivity index (χ2v) is 6.01. The first-order chi connectivity index (χ1) is 10.6. The molecule has 6 heteroatoms. The van der Waals surface area contributed by atoms with Gasteiger partial charge in [0.15, 0.2) is 0 Å². The number of fused-ring (bicyclic) bond motifs is 1. The number of pyridine rings is 1. The molecule has 22 heavy (non-hydrogen) atoms. The maximum atomic E-state index is 12.8. The molecule has 0 aliphatic rings. The summed E-state index contributed by atoms with van der Waals surface area (Å²) in [6.07, 6.45) is 1.62. The van der Waals surface area contributed by atoms with Crippen LogP contribution in [0.2, 0.25) is 0 Å². The van der Waals surface area contributed by atoms with Crippen LogP contribution in [0.4, 0.5) is 5.69 Å². The third kappa shape index (κ3) is 2.53. The second kappa shape index (κ2) is 5.73. The van der Waals surface area contributed by atoms with Crippen LogP contribution in [0, 0.1) is 6.92 Å². The van der Waals surface area contributed by atoms with E-state index >= 15 is 0 Å². The third-order valence-corrected chi connectivity index (χ3v) is 4.39. The molecule has 0 aliphatic carbocycles. The van der Waals surface area contributed by atoms with Crippen molar-refractivity contribution in [2.75, 3.05) is 19.1 Å². The van der Waals surface area contributed by atoms with Gasteiger partial charge < -0.3 is 9.64 Å². The average molecular weight is 313 g/mol. The van der Waals surface area contributed by atoms with Crippen LogP contribution in [0.1, 0.15) is 15.4 Å². The van der Waals surface area contributed by atoms with Gasteiger partial charge in [-0.25, -0.2) is 9.97 Å². The number of hydrogen-bond donors (Lipinski definition) is 0. The molecule has 1 aromatic carbocycles. The highest BCUT2D eigenvalue weighted by Gasteiger charge is 2.18. The molecule has 0 fully saturated rings. The quantitative estimate of drug-likeness (QED) is 0.744. The lowest BCUT2D eigenvalue weighted by Crippen LogP contribution is -2.26. The number of thiazole rings is 1. The number of rotatable bonds is 3. The summed E-state index contributed by atoms with van der Waals surface area (Å²) in [7, 11) is 3.29. The summed E-state index contributed by atoms with van der Waals surface area (Å²) in [4.78, 5) is 22.9. The fourth-order valence-corrected chi connectivity index (χ4v) is 3.14. The van der Waals surface area contributed by atoms with Gasteiger partial charge in [-0.1, -0.05) is 6.07 Å². The van der Waals surface area contributed by atoms with Gasteiger partial charge in [0.05, 0.1) is 39.8 Å². The zero-order chi connectivity index (χ0) is 15.7. The van der Waals surface area contributed by atoms with Gasteiger partial charge in [-0.3, -0.25) is 4.79 Å². The standard InChI is InChI=1S/C16H15N3O2S/c1-10-18-13-6-4-5-12(15(13)22-10)16(20)19(2)11-7-8-14(21-3)17-9-11/h4-9H,1-3H3. The largest absolute Gasteiger partial charge is 0.481 e. The molecule has 0 atom stereocenters. The Bertz CT molecular complexity index is 827. The van der Waals surface area contributed by atoms with Crippen molar-refractivity contribution in [1.82, 2.24) is 9.97 Å². The van der Waals surface area contributed by atoms with Gasteiger partial charge in [0, 0.05) is 13.1 Å². The maximum absolute atomic E-state index is 12.8. The Labute approximate surface area is 132 Å².